The van der Waals surface area contributed by atoms with Gasteiger partial charge in [0.1, 0.15) is 18.6 Å². The van der Waals surface area contributed by atoms with E-state index in [-0.39, 0.29) is 18.2 Å². The summed E-state index contributed by atoms with van der Waals surface area (Å²) in [5.41, 5.74) is 0.910. The minimum atomic E-state index is -0.176. The quantitative estimate of drug-likeness (QED) is 0.756. The van der Waals surface area contributed by atoms with E-state index in [0.29, 0.717) is 6.54 Å². The molecule has 0 aliphatic heterocycles. The molecule has 7 nitrogen and oxygen atoms in total. The Balaban J connectivity index is 1.82. The number of amides is 1. The normalized spacial score (nSPS) is 10.1. The molecule has 2 rings (SSSR count). The average Bonchev–Trinajstić information content (AvgIpc) is 2.81. The Morgan fingerprint density at radius 1 is 1.35 bits per heavy atom. The Kier molecular flexibility index (Phi) is 3.29. The van der Waals surface area contributed by atoms with E-state index in [4.69, 9.17) is 5.11 Å². The van der Waals surface area contributed by atoms with Crippen molar-refractivity contribution in [2.75, 3.05) is 0 Å². The van der Waals surface area contributed by atoms with Crippen LogP contribution in [0.15, 0.2) is 30.6 Å². The van der Waals surface area contributed by atoms with E-state index < -0.39 is 0 Å². The summed E-state index contributed by atoms with van der Waals surface area (Å²) in [7, 11) is 0. The Labute approximate surface area is 97.1 Å². The van der Waals surface area contributed by atoms with Crippen LogP contribution < -0.4 is 5.32 Å². The van der Waals surface area contributed by atoms with Crippen LogP contribution in [0.5, 0.6) is 5.75 Å². The van der Waals surface area contributed by atoms with Gasteiger partial charge in [0.2, 0.25) is 5.91 Å². The molecule has 0 saturated heterocycles. The van der Waals surface area contributed by atoms with Crippen molar-refractivity contribution in [2.45, 2.75) is 13.1 Å². The first-order valence-electron chi connectivity index (χ1n) is 4.99. The first-order chi connectivity index (χ1) is 8.24. The number of benzene rings is 1. The van der Waals surface area contributed by atoms with Crippen molar-refractivity contribution < 1.29 is 9.90 Å². The zero-order chi connectivity index (χ0) is 12.1. The van der Waals surface area contributed by atoms with Crippen LogP contribution in [-0.2, 0) is 17.9 Å². The largest absolute Gasteiger partial charge is 0.508 e. The van der Waals surface area contributed by atoms with Gasteiger partial charge >= 0.3 is 0 Å². The van der Waals surface area contributed by atoms with Crippen LogP contribution in [0.1, 0.15) is 5.56 Å². The lowest BCUT2D eigenvalue weighted by atomic mass is 10.2. The monoisotopic (exact) mass is 233 g/mol. The van der Waals surface area contributed by atoms with E-state index in [9.17, 15) is 4.79 Å². The number of phenols is 1. The second kappa shape index (κ2) is 5.06. The number of hydrogen-bond acceptors (Lipinski definition) is 5. The number of tetrazole rings is 1. The predicted octanol–water partition coefficient (Wildman–Crippen LogP) is -0.305. The third-order valence-electron chi connectivity index (χ3n) is 2.12. The van der Waals surface area contributed by atoms with Crippen LogP contribution in [0.25, 0.3) is 0 Å². The van der Waals surface area contributed by atoms with Crippen LogP contribution in [-0.4, -0.2) is 31.2 Å². The number of phenolic OH excluding ortho intramolecular Hbond substituents is 1. The van der Waals surface area contributed by atoms with Gasteiger partial charge < -0.3 is 10.4 Å². The van der Waals surface area contributed by atoms with Crippen LogP contribution in [0.4, 0.5) is 0 Å². The maximum absolute atomic E-state index is 11.5. The molecule has 88 valence electrons. The van der Waals surface area contributed by atoms with Crippen LogP contribution in [0.3, 0.4) is 0 Å². The minimum absolute atomic E-state index is 0.0884. The molecule has 2 N–H and O–H groups in total. The second-order valence-corrected chi connectivity index (χ2v) is 3.45. The van der Waals surface area contributed by atoms with Crippen molar-refractivity contribution >= 4 is 5.91 Å². The molecule has 0 spiro atoms. The molecule has 0 atom stereocenters. The highest BCUT2D eigenvalue weighted by Gasteiger charge is 2.03. The highest BCUT2D eigenvalue weighted by atomic mass is 16.3. The summed E-state index contributed by atoms with van der Waals surface area (Å²) >= 11 is 0. The van der Waals surface area contributed by atoms with Crippen molar-refractivity contribution in [3.8, 4) is 5.75 Å². The fourth-order valence-corrected chi connectivity index (χ4v) is 1.27. The molecule has 0 unspecified atom stereocenters. The van der Waals surface area contributed by atoms with E-state index in [1.54, 1.807) is 24.3 Å². The molecule has 0 saturated carbocycles. The lowest BCUT2D eigenvalue weighted by molar-refractivity contribution is -0.122. The van der Waals surface area contributed by atoms with Crippen molar-refractivity contribution in [1.29, 1.82) is 0 Å². The highest BCUT2D eigenvalue weighted by Crippen LogP contribution is 2.08. The molecular weight excluding hydrogens is 222 g/mol. The molecule has 1 amide bonds. The number of hydrogen-bond donors (Lipinski definition) is 2. The number of nitrogens with one attached hydrogen (secondary N) is 1. The summed E-state index contributed by atoms with van der Waals surface area (Å²) in [5, 5.41) is 22.3. The van der Waals surface area contributed by atoms with Crippen LogP contribution in [0.2, 0.25) is 0 Å². The smallest absolute Gasteiger partial charge is 0.242 e. The Bertz CT molecular complexity index is 480. The molecule has 0 radical (unpaired) electrons. The van der Waals surface area contributed by atoms with Gasteiger partial charge in [-0.2, -0.15) is 0 Å². The first kappa shape index (κ1) is 11.1. The average molecular weight is 233 g/mol. The van der Waals surface area contributed by atoms with Crippen molar-refractivity contribution in [3.05, 3.63) is 36.2 Å². The van der Waals surface area contributed by atoms with E-state index in [2.05, 4.69) is 20.8 Å². The first-order valence-corrected chi connectivity index (χ1v) is 4.99. The number of carbonyl (C=O) groups is 1. The van der Waals surface area contributed by atoms with Crippen LogP contribution in [0, 0.1) is 0 Å². The summed E-state index contributed by atoms with van der Waals surface area (Å²) in [6, 6.07) is 6.63. The second-order valence-electron chi connectivity index (χ2n) is 3.45. The van der Waals surface area contributed by atoms with Crippen molar-refractivity contribution in [3.63, 3.8) is 0 Å². The number of aromatic nitrogens is 4. The fraction of sp³-hybridized carbons (Fsp3) is 0.200. The SMILES string of the molecule is O=C(Cn1cnnn1)NCc1ccc(O)cc1. The molecule has 0 aliphatic carbocycles. The molecule has 0 bridgehead atoms. The van der Waals surface area contributed by atoms with Gasteiger partial charge in [0.25, 0.3) is 0 Å². The molecular formula is C10H11N5O2. The molecule has 1 heterocycles. The van der Waals surface area contributed by atoms with E-state index in [0.717, 1.165) is 5.56 Å². The third kappa shape index (κ3) is 3.26. The molecule has 1 aromatic carbocycles. The molecule has 17 heavy (non-hydrogen) atoms. The topological polar surface area (TPSA) is 92.9 Å². The maximum Gasteiger partial charge on any atom is 0.242 e. The third-order valence-corrected chi connectivity index (χ3v) is 2.12. The standard InChI is InChI=1S/C10H11N5O2/c16-9-3-1-8(2-4-9)5-11-10(17)6-15-7-12-13-14-15/h1-4,7,16H,5-6H2,(H,11,17). The summed E-state index contributed by atoms with van der Waals surface area (Å²) in [6.07, 6.45) is 1.38. The number of aromatic hydroxyl groups is 1. The lowest BCUT2D eigenvalue weighted by Crippen LogP contribution is -2.27. The van der Waals surface area contributed by atoms with Crippen molar-refractivity contribution in [2.24, 2.45) is 0 Å². The van der Waals surface area contributed by atoms with Gasteiger partial charge in [-0.15, -0.1) is 5.10 Å². The number of rotatable bonds is 4. The Morgan fingerprint density at radius 3 is 2.76 bits per heavy atom. The van der Waals surface area contributed by atoms with Gasteiger partial charge in [0.05, 0.1) is 0 Å². The summed E-state index contributed by atoms with van der Waals surface area (Å²) in [5.74, 6) is 0.0270. The van der Waals surface area contributed by atoms with Crippen LogP contribution >= 0.6 is 0 Å². The fourth-order valence-electron chi connectivity index (χ4n) is 1.27. The van der Waals surface area contributed by atoms with E-state index >= 15 is 0 Å². The van der Waals surface area contributed by atoms with Gasteiger partial charge in [0, 0.05) is 6.54 Å². The number of carbonyl (C=O) groups excluding carboxylic acids is 1. The zero-order valence-electron chi connectivity index (χ0n) is 8.95. The molecule has 0 aliphatic rings. The highest BCUT2D eigenvalue weighted by molar-refractivity contribution is 5.75. The van der Waals surface area contributed by atoms with Gasteiger partial charge in [-0.1, -0.05) is 12.1 Å². The zero-order valence-corrected chi connectivity index (χ0v) is 8.95. The number of nitrogens with zero attached hydrogens (tertiary/aromatic N) is 4. The molecule has 7 heteroatoms. The van der Waals surface area contributed by atoms with Gasteiger partial charge in [-0.25, -0.2) is 4.68 Å². The van der Waals surface area contributed by atoms with Crippen molar-refractivity contribution in [1.82, 2.24) is 25.5 Å². The Morgan fingerprint density at radius 2 is 2.12 bits per heavy atom. The summed E-state index contributed by atoms with van der Waals surface area (Å²) in [4.78, 5) is 11.5. The maximum atomic E-state index is 11.5. The predicted molar refractivity (Wildman–Crippen MR) is 57.8 cm³/mol. The van der Waals surface area contributed by atoms with E-state index in [1.807, 2.05) is 0 Å². The molecule has 1 aromatic heterocycles. The van der Waals surface area contributed by atoms with Gasteiger partial charge in [-0.05, 0) is 28.1 Å². The Hall–Kier alpha value is -2.44. The summed E-state index contributed by atoms with van der Waals surface area (Å²) < 4.78 is 1.34. The lowest BCUT2D eigenvalue weighted by Gasteiger charge is -2.04. The molecule has 0 fully saturated rings. The molecule has 2 aromatic rings. The van der Waals surface area contributed by atoms with Gasteiger partial charge in [-0.3, -0.25) is 4.79 Å². The summed E-state index contributed by atoms with van der Waals surface area (Å²) in [6.45, 7) is 0.492. The minimum Gasteiger partial charge on any atom is -0.508 e. The van der Waals surface area contributed by atoms with E-state index in [1.165, 1.54) is 11.0 Å². The van der Waals surface area contributed by atoms with Gasteiger partial charge in [0.15, 0.2) is 0 Å².